The molecule has 0 spiro atoms. The lowest BCUT2D eigenvalue weighted by Gasteiger charge is -2.08. The highest BCUT2D eigenvalue weighted by molar-refractivity contribution is 6.67. The van der Waals surface area contributed by atoms with Crippen LogP contribution in [0.5, 0.6) is 0 Å². The van der Waals surface area contributed by atoms with Gasteiger partial charge in [-0.25, -0.2) is 4.58 Å². The van der Waals surface area contributed by atoms with E-state index in [-0.39, 0.29) is 0 Å². The highest BCUT2D eigenvalue weighted by Crippen LogP contribution is 2.05. The molecule has 0 aliphatic rings. The maximum Gasteiger partial charge on any atom is 0.272 e. The fraction of sp³-hybridized carbons (Fsp3) is 0.571. The van der Waals surface area contributed by atoms with Gasteiger partial charge in [-0.05, 0) is 11.6 Å². The summed E-state index contributed by atoms with van der Waals surface area (Å²) >= 11 is 11.6. The summed E-state index contributed by atoms with van der Waals surface area (Å²) in [5.41, 5.74) is 0. The normalized spacial score (nSPS) is 11.3. The highest BCUT2D eigenvalue weighted by atomic mass is 35.5. The number of allylic oxidation sites excluding steroid dienone is 1. The van der Waals surface area contributed by atoms with Crippen LogP contribution < -0.4 is 0 Å². The summed E-state index contributed by atoms with van der Waals surface area (Å²) in [6.45, 7) is 0. The molecule has 0 aromatic heterocycles. The summed E-state index contributed by atoms with van der Waals surface area (Å²) in [6.07, 6.45) is 1.70. The first-order valence-corrected chi connectivity index (χ1v) is 3.95. The molecule has 0 heterocycles. The fourth-order valence-corrected chi connectivity index (χ4v) is 0.619. The lowest BCUT2D eigenvalue weighted by atomic mass is 10.6. The molecule has 4 heteroatoms. The van der Waals surface area contributed by atoms with Crippen molar-refractivity contribution in [3.63, 3.8) is 0 Å². The highest BCUT2D eigenvalue weighted by Gasteiger charge is 2.02. The topological polar surface area (TPSA) is 6.25 Å². The van der Waals surface area contributed by atoms with E-state index in [4.69, 9.17) is 23.2 Å². The van der Waals surface area contributed by atoms with Gasteiger partial charge in [0.2, 0.25) is 0 Å². The van der Waals surface area contributed by atoms with Crippen molar-refractivity contribution in [1.29, 1.82) is 0 Å². The molecule has 0 rings (SSSR count). The van der Waals surface area contributed by atoms with E-state index in [9.17, 15) is 0 Å². The zero-order chi connectivity index (χ0) is 9.02. The van der Waals surface area contributed by atoms with Gasteiger partial charge in [0, 0.05) is 14.1 Å². The number of rotatable bonds is 2. The van der Waals surface area contributed by atoms with Crippen molar-refractivity contribution in [2.24, 2.45) is 0 Å². The van der Waals surface area contributed by atoms with Crippen LogP contribution >= 0.6 is 23.2 Å². The first-order valence-electron chi connectivity index (χ1n) is 3.19. The van der Waals surface area contributed by atoms with Crippen molar-refractivity contribution < 1.29 is 4.58 Å². The van der Waals surface area contributed by atoms with E-state index in [1.165, 1.54) is 0 Å². The molecule has 0 fully saturated rings. The second kappa shape index (κ2) is 4.62. The monoisotopic (exact) mass is 195 g/mol. The zero-order valence-corrected chi connectivity index (χ0v) is 8.74. The van der Waals surface area contributed by atoms with Gasteiger partial charge in [-0.3, -0.25) is 0 Å². The minimum absolute atomic E-state index is 0.615. The number of nitrogens with zero attached hydrogens (tertiary/aromatic N) is 2. The molecule has 0 aromatic carbocycles. The molecular weight excluding hydrogens is 183 g/mol. The first-order chi connectivity index (χ1) is 4.95. The second-order valence-corrected chi connectivity index (χ2v) is 3.35. The van der Waals surface area contributed by atoms with Crippen LogP contribution in [0.1, 0.15) is 0 Å². The molecule has 0 atom stereocenters. The SMILES string of the molecule is CN(C)/C(Cl)=C/C(Cl)=[N+](C)C. The summed E-state index contributed by atoms with van der Waals surface area (Å²) in [5, 5.41) is 1.23. The minimum atomic E-state index is 0.615. The van der Waals surface area contributed by atoms with E-state index in [0.29, 0.717) is 10.3 Å². The molecule has 0 N–H and O–H groups in total. The van der Waals surface area contributed by atoms with Gasteiger partial charge in [-0.1, -0.05) is 11.6 Å². The smallest absolute Gasteiger partial charge is 0.272 e. The van der Waals surface area contributed by atoms with Gasteiger partial charge in [0.25, 0.3) is 5.17 Å². The van der Waals surface area contributed by atoms with Crippen molar-refractivity contribution in [3.05, 3.63) is 11.2 Å². The van der Waals surface area contributed by atoms with Crippen molar-refractivity contribution in [2.45, 2.75) is 0 Å². The van der Waals surface area contributed by atoms with Gasteiger partial charge < -0.3 is 4.90 Å². The van der Waals surface area contributed by atoms with Gasteiger partial charge in [0.15, 0.2) is 0 Å². The summed E-state index contributed by atoms with van der Waals surface area (Å²) in [4.78, 5) is 1.79. The molecule has 0 radical (unpaired) electrons. The predicted octanol–water partition coefficient (Wildman–Crippen LogP) is 1.54. The van der Waals surface area contributed by atoms with Crippen LogP contribution in [-0.2, 0) is 0 Å². The third-order valence-corrected chi connectivity index (χ3v) is 1.99. The van der Waals surface area contributed by atoms with E-state index in [0.717, 1.165) is 0 Å². The third-order valence-electron chi connectivity index (χ3n) is 1.09. The summed E-state index contributed by atoms with van der Waals surface area (Å²) < 4.78 is 1.79. The summed E-state index contributed by atoms with van der Waals surface area (Å²) in [5.74, 6) is 0. The van der Waals surface area contributed by atoms with Crippen LogP contribution in [-0.4, -0.2) is 42.8 Å². The Bertz CT molecular complexity index is 191. The average molecular weight is 196 g/mol. The van der Waals surface area contributed by atoms with Crippen LogP contribution in [0.15, 0.2) is 11.2 Å². The van der Waals surface area contributed by atoms with E-state index in [2.05, 4.69) is 0 Å². The molecule has 11 heavy (non-hydrogen) atoms. The molecular formula is C7H13Cl2N2+. The Hall–Kier alpha value is -0.210. The number of hydrogen-bond donors (Lipinski definition) is 0. The van der Waals surface area contributed by atoms with Crippen molar-refractivity contribution in [3.8, 4) is 0 Å². The Morgan fingerprint density at radius 2 is 1.73 bits per heavy atom. The molecule has 0 bridgehead atoms. The number of halogens is 2. The van der Waals surface area contributed by atoms with Crippen molar-refractivity contribution in [2.75, 3.05) is 28.2 Å². The quantitative estimate of drug-likeness (QED) is 0.369. The second-order valence-electron chi connectivity index (χ2n) is 2.58. The molecule has 0 amide bonds. The maximum absolute atomic E-state index is 5.81. The lowest BCUT2D eigenvalue weighted by molar-refractivity contribution is -0.461. The Morgan fingerprint density at radius 3 is 2.00 bits per heavy atom. The Kier molecular flexibility index (Phi) is 4.54. The molecule has 0 saturated carbocycles. The fourth-order valence-electron chi connectivity index (χ4n) is 0.356. The molecule has 64 valence electrons. The third kappa shape index (κ3) is 4.27. The van der Waals surface area contributed by atoms with Crippen LogP contribution in [0.2, 0.25) is 0 Å². The maximum atomic E-state index is 5.81. The van der Waals surface area contributed by atoms with E-state index in [1.54, 1.807) is 15.6 Å². The van der Waals surface area contributed by atoms with E-state index in [1.807, 2.05) is 28.2 Å². The average Bonchev–Trinajstić information content (AvgIpc) is 1.87. The number of hydrogen-bond acceptors (Lipinski definition) is 1. The van der Waals surface area contributed by atoms with Gasteiger partial charge in [0.1, 0.15) is 19.3 Å². The summed E-state index contributed by atoms with van der Waals surface area (Å²) in [6, 6.07) is 0. The predicted molar refractivity (Wildman–Crippen MR) is 50.6 cm³/mol. The molecule has 2 nitrogen and oxygen atoms in total. The van der Waals surface area contributed by atoms with E-state index >= 15 is 0 Å². The van der Waals surface area contributed by atoms with Gasteiger partial charge in [-0.15, -0.1) is 0 Å². The molecule has 0 saturated heterocycles. The van der Waals surface area contributed by atoms with Crippen LogP contribution in [0, 0.1) is 0 Å². The van der Waals surface area contributed by atoms with Gasteiger partial charge in [0.05, 0.1) is 6.08 Å². The Balaban J connectivity index is 4.44. The van der Waals surface area contributed by atoms with E-state index < -0.39 is 0 Å². The lowest BCUT2D eigenvalue weighted by Crippen LogP contribution is -2.10. The molecule has 0 aromatic rings. The first kappa shape index (κ1) is 10.8. The molecule has 0 aliphatic carbocycles. The standard InChI is InChI=1S/C7H13Cl2N2/c1-10(2)6(8)5-7(9)11(3)4/h5H,1-4H3/q+1. The largest absolute Gasteiger partial charge is 0.368 e. The summed E-state index contributed by atoms with van der Waals surface area (Å²) in [7, 11) is 7.44. The van der Waals surface area contributed by atoms with Crippen molar-refractivity contribution >= 4 is 28.4 Å². The Labute approximate surface area is 77.7 Å². The van der Waals surface area contributed by atoms with Crippen LogP contribution in [0.4, 0.5) is 0 Å². The van der Waals surface area contributed by atoms with Crippen LogP contribution in [0.3, 0.4) is 0 Å². The minimum Gasteiger partial charge on any atom is -0.368 e. The Morgan fingerprint density at radius 1 is 1.27 bits per heavy atom. The van der Waals surface area contributed by atoms with Gasteiger partial charge in [-0.2, -0.15) is 0 Å². The molecule has 0 aliphatic heterocycles. The van der Waals surface area contributed by atoms with Crippen molar-refractivity contribution in [1.82, 2.24) is 4.90 Å². The van der Waals surface area contributed by atoms with Crippen LogP contribution in [0.25, 0.3) is 0 Å². The van der Waals surface area contributed by atoms with Gasteiger partial charge >= 0.3 is 0 Å². The zero-order valence-electron chi connectivity index (χ0n) is 7.23. The molecule has 0 unspecified atom stereocenters.